The molecule has 2 aromatic heterocycles. The number of nitrogens with zero attached hydrogens (tertiary/aromatic N) is 4. The van der Waals surface area contributed by atoms with Crippen LogP contribution in [0.2, 0.25) is 0 Å². The van der Waals surface area contributed by atoms with Crippen molar-refractivity contribution in [1.82, 2.24) is 19.4 Å². The molecule has 1 aromatic carbocycles. The lowest BCUT2D eigenvalue weighted by molar-refractivity contribution is 0.0739. The molecule has 1 saturated heterocycles. The largest absolute Gasteiger partial charge is 0.449 e. The van der Waals surface area contributed by atoms with Gasteiger partial charge in [0.15, 0.2) is 5.82 Å². The van der Waals surface area contributed by atoms with E-state index in [0.717, 1.165) is 31.9 Å². The van der Waals surface area contributed by atoms with Gasteiger partial charge in [-0.05, 0) is 49.8 Å². The molecule has 1 aliphatic carbocycles. The van der Waals surface area contributed by atoms with Crippen molar-refractivity contribution in [1.29, 1.82) is 0 Å². The highest BCUT2D eigenvalue weighted by molar-refractivity contribution is 5.68. The van der Waals surface area contributed by atoms with Gasteiger partial charge in [-0.1, -0.05) is 37.5 Å². The lowest BCUT2D eigenvalue weighted by atomic mass is 9.90. The molecule has 1 saturated carbocycles. The van der Waals surface area contributed by atoms with E-state index in [0.29, 0.717) is 42.8 Å². The van der Waals surface area contributed by atoms with Crippen LogP contribution in [0.3, 0.4) is 0 Å². The first kappa shape index (κ1) is 24.9. The fourth-order valence-electron chi connectivity index (χ4n) is 5.11. The number of hydrogen-bond donors (Lipinski definition) is 1. The topological polar surface area (TPSA) is 89.4 Å². The zero-order chi connectivity index (χ0) is 25.6. The first-order valence-corrected chi connectivity index (χ1v) is 13.1. The van der Waals surface area contributed by atoms with Gasteiger partial charge in [-0.15, -0.1) is 0 Å². The van der Waals surface area contributed by atoms with Crippen LogP contribution in [-0.4, -0.2) is 51.3 Å². The summed E-state index contributed by atoms with van der Waals surface area (Å²) in [6.45, 7) is 1.69. The first-order valence-electron chi connectivity index (χ1n) is 13.1. The van der Waals surface area contributed by atoms with Crippen LogP contribution < -0.4 is 10.9 Å². The molecular formula is C28H32FN5O3. The number of benzene rings is 1. The molecule has 2 aliphatic rings. The van der Waals surface area contributed by atoms with Gasteiger partial charge >= 0.3 is 6.09 Å². The van der Waals surface area contributed by atoms with E-state index in [1.165, 1.54) is 29.9 Å². The number of anilines is 1. The highest BCUT2D eigenvalue weighted by Crippen LogP contribution is 2.26. The number of pyridine rings is 1. The Morgan fingerprint density at radius 1 is 1.05 bits per heavy atom. The molecule has 0 atom stereocenters. The van der Waals surface area contributed by atoms with Crippen LogP contribution in [0.1, 0.15) is 44.9 Å². The number of ether oxygens (including phenoxy) is 1. The van der Waals surface area contributed by atoms with Crippen LogP contribution in [0.15, 0.2) is 59.7 Å². The zero-order valence-corrected chi connectivity index (χ0v) is 20.8. The molecule has 1 aliphatic heterocycles. The van der Waals surface area contributed by atoms with Crippen molar-refractivity contribution < 1.29 is 13.9 Å². The summed E-state index contributed by atoms with van der Waals surface area (Å²) in [6, 6.07) is 12.0. The molecule has 37 heavy (non-hydrogen) atoms. The maximum absolute atomic E-state index is 14.7. The summed E-state index contributed by atoms with van der Waals surface area (Å²) in [7, 11) is 0. The molecule has 8 nitrogen and oxygen atoms in total. The fraction of sp³-hybridized carbons (Fsp3) is 0.429. The number of likely N-dealkylation sites (tertiary alicyclic amines) is 1. The highest BCUT2D eigenvalue weighted by Gasteiger charge is 2.25. The Morgan fingerprint density at radius 3 is 2.65 bits per heavy atom. The Morgan fingerprint density at radius 2 is 1.86 bits per heavy atom. The maximum Gasteiger partial charge on any atom is 0.409 e. The predicted octanol–water partition coefficient (Wildman–Crippen LogP) is 5.03. The maximum atomic E-state index is 14.7. The van der Waals surface area contributed by atoms with Gasteiger partial charge in [-0.2, -0.15) is 0 Å². The Hall–Kier alpha value is -3.75. The summed E-state index contributed by atoms with van der Waals surface area (Å²) in [6.07, 6.45) is 10.1. The molecule has 194 valence electrons. The van der Waals surface area contributed by atoms with Crippen molar-refractivity contribution in [2.24, 2.45) is 5.92 Å². The quantitative estimate of drug-likeness (QED) is 0.506. The van der Waals surface area contributed by atoms with Crippen LogP contribution in [0.25, 0.3) is 16.9 Å². The fourth-order valence-corrected chi connectivity index (χ4v) is 5.11. The molecule has 3 aromatic rings. The highest BCUT2D eigenvalue weighted by atomic mass is 19.1. The minimum Gasteiger partial charge on any atom is -0.449 e. The van der Waals surface area contributed by atoms with Crippen molar-refractivity contribution in [3.05, 3.63) is 71.0 Å². The molecule has 5 rings (SSSR count). The summed E-state index contributed by atoms with van der Waals surface area (Å²) in [5, 5.41) is 3.29. The Bertz CT molecular complexity index is 1280. The summed E-state index contributed by atoms with van der Waals surface area (Å²) >= 11 is 0. The zero-order valence-electron chi connectivity index (χ0n) is 20.8. The van der Waals surface area contributed by atoms with Gasteiger partial charge in [-0.3, -0.25) is 9.36 Å². The number of halogens is 1. The van der Waals surface area contributed by atoms with E-state index in [1.54, 1.807) is 47.5 Å². The molecule has 0 radical (unpaired) electrons. The average Bonchev–Trinajstić information content (AvgIpc) is 2.94. The van der Waals surface area contributed by atoms with Crippen molar-refractivity contribution in [3.8, 4) is 16.9 Å². The van der Waals surface area contributed by atoms with E-state index in [1.807, 2.05) is 0 Å². The van der Waals surface area contributed by atoms with E-state index in [-0.39, 0.29) is 23.4 Å². The van der Waals surface area contributed by atoms with Gasteiger partial charge in [0.25, 0.3) is 5.56 Å². The summed E-state index contributed by atoms with van der Waals surface area (Å²) in [4.78, 5) is 35.0. The van der Waals surface area contributed by atoms with Crippen molar-refractivity contribution in [2.45, 2.75) is 51.0 Å². The molecular weight excluding hydrogens is 473 g/mol. The third-order valence-electron chi connectivity index (χ3n) is 7.22. The molecule has 2 fully saturated rings. The smallest absolute Gasteiger partial charge is 0.409 e. The number of amides is 1. The van der Waals surface area contributed by atoms with Gasteiger partial charge < -0.3 is 15.0 Å². The Labute approximate surface area is 215 Å². The molecule has 0 bridgehead atoms. The van der Waals surface area contributed by atoms with E-state index < -0.39 is 5.82 Å². The summed E-state index contributed by atoms with van der Waals surface area (Å²) in [5.74, 6) is 0.284. The van der Waals surface area contributed by atoms with Crippen LogP contribution >= 0.6 is 0 Å². The number of carbonyl (C=O) groups excluding carboxylic acids is 1. The first-order chi connectivity index (χ1) is 18.1. The predicted molar refractivity (Wildman–Crippen MR) is 139 cm³/mol. The van der Waals surface area contributed by atoms with E-state index >= 15 is 0 Å². The molecule has 0 unspecified atom stereocenters. The molecule has 3 heterocycles. The second-order valence-corrected chi connectivity index (χ2v) is 9.84. The van der Waals surface area contributed by atoms with Crippen LogP contribution in [0, 0.1) is 11.7 Å². The molecule has 1 N–H and O–H groups in total. The second-order valence-electron chi connectivity index (χ2n) is 9.84. The van der Waals surface area contributed by atoms with Gasteiger partial charge in [0.1, 0.15) is 5.69 Å². The lowest BCUT2D eigenvalue weighted by Gasteiger charge is -2.32. The van der Waals surface area contributed by atoms with E-state index in [9.17, 15) is 14.0 Å². The number of rotatable bonds is 6. The molecule has 0 spiro atoms. The van der Waals surface area contributed by atoms with Crippen LogP contribution in [0.4, 0.5) is 15.1 Å². The average molecular weight is 506 g/mol. The number of aromatic nitrogens is 3. The minimum atomic E-state index is -0.543. The van der Waals surface area contributed by atoms with Gasteiger partial charge in [0, 0.05) is 42.6 Å². The van der Waals surface area contributed by atoms with Crippen molar-refractivity contribution in [2.75, 3.05) is 25.0 Å². The SMILES string of the molecule is O=C(OCC1CCCCC1)N1CCC(Nc2ncc(F)c(-c3cccc(-n4ccccc4=O)c3)n2)CC1. The number of piperidine rings is 1. The lowest BCUT2D eigenvalue weighted by Crippen LogP contribution is -2.43. The van der Waals surface area contributed by atoms with Crippen LogP contribution in [-0.2, 0) is 4.74 Å². The van der Waals surface area contributed by atoms with Crippen LogP contribution in [0.5, 0.6) is 0 Å². The van der Waals surface area contributed by atoms with E-state index in [4.69, 9.17) is 4.74 Å². The van der Waals surface area contributed by atoms with Gasteiger partial charge in [0.05, 0.1) is 12.8 Å². The number of hydrogen-bond acceptors (Lipinski definition) is 6. The molecule has 1 amide bonds. The second kappa shape index (κ2) is 11.5. The third kappa shape index (κ3) is 6.15. The summed E-state index contributed by atoms with van der Waals surface area (Å²) in [5.41, 5.74) is 1.16. The monoisotopic (exact) mass is 505 g/mol. The Kier molecular flexibility index (Phi) is 7.77. The Balaban J connectivity index is 1.20. The standard InChI is InChI=1S/C28H32FN5O3/c29-24-18-30-27(32-26(24)21-9-6-10-23(17-21)34-14-5-4-11-25(34)35)31-22-12-15-33(16-13-22)28(36)37-19-20-7-2-1-3-8-20/h4-6,9-11,14,17-18,20,22H,1-3,7-8,12-13,15-16,19H2,(H,30,31,32). The van der Waals surface area contributed by atoms with Crippen molar-refractivity contribution >= 4 is 12.0 Å². The number of carbonyl (C=O) groups is 1. The molecule has 9 heteroatoms. The van der Waals surface area contributed by atoms with E-state index in [2.05, 4.69) is 15.3 Å². The van der Waals surface area contributed by atoms with Gasteiger partial charge in [0.2, 0.25) is 5.95 Å². The normalized spacial score (nSPS) is 16.9. The van der Waals surface area contributed by atoms with Gasteiger partial charge in [-0.25, -0.2) is 19.2 Å². The number of nitrogens with one attached hydrogen (secondary N) is 1. The summed E-state index contributed by atoms with van der Waals surface area (Å²) < 4.78 is 21.8. The minimum absolute atomic E-state index is 0.0648. The van der Waals surface area contributed by atoms with Crippen molar-refractivity contribution in [3.63, 3.8) is 0 Å². The third-order valence-corrected chi connectivity index (χ3v) is 7.22.